The van der Waals surface area contributed by atoms with Crippen molar-refractivity contribution in [1.82, 2.24) is 10.2 Å². The molecule has 4 rings (SSSR count). The maximum absolute atomic E-state index is 13.2. The van der Waals surface area contributed by atoms with Gasteiger partial charge in [-0.2, -0.15) is 0 Å². The van der Waals surface area contributed by atoms with Crippen molar-refractivity contribution in [2.45, 2.75) is 44.8 Å². The van der Waals surface area contributed by atoms with E-state index in [1.165, 1.54) is 10.4 Å². The number of thiophene rings is 1. The number of carbonyl (C=O) groups excluding carboxylic acids is 2. The molecule has 1 aliphatic heterocycles. The van der Waals surface area contributed by atoms with Crippen LogP contribution in [0.1, 0.15) is 32.3 Å². The summed E-state index contributed by atoms with van der Waals surface area (Å²) < 4.78 is 6.11. The number of amides is 2. The van der Waals surface area contributed by atoms with Gasteiger partial charge in [0.1, 0.15) is 0 Å². The zero-order valence-electron chi connectivity index (χ0n) is 17.0. The van der Waals surface area contributed by atoms with Gasteiger partial charge in [0.15, 0.2) is 5.60 Å². The standard InChI is InChI=1S/C23H28N2O3S/c1-16(2)24-22(27)23(15-25(11-12-28-23)21(26)19-9-10-19)14-17-5-7-18(8-6-17)20-4-3-13-29-20/h3-8,13,16,19H,9-12,14-15H2,1-2H3,(H,24,27)/t23-/m1/s1. The van der Waals surface area contributed by atoms with E-state index in [2.05, 4.69) is 41.0 Å². The number of hydrogen-bond donors (Lipinski definition) is 1. The second-order valence-corrected chi connectivity index (χ2v) is 9.30. The third kappa shape index (κ3) is 4.54. The second kappa shape index (κ2) is 8.28. The third-order valence-electron chi connectivity index (χ3n) is 5.51. The summed E-state index contributed by atoms with van der Waals surface area (Å²) in [5.74, 6) is 0.176. The van der Waals surface area contributed by atoms with E-state index in [-0.39, 0.29) is 23.8 Å². The molecule has 0 radical (unpaired) electrons. The van der Waals surface area contributed by atoms with Crippen molar-refractivity contribution in [1.29, 1.82) is 0 Å². The molecule has 0 bridgehead atoms. The highest BCUT2D eigenvalue weighted by Crippen LogP contribution is 2.34. The Hall–Kier alpha value is -2.18. The van der Waals surface area contributed by atoms with Gasteiger partial charge in [-0.25, -0.2) is 0 Å². The topological polar surface area (TPSA) is 58.6 Å². The first kappa shape index (κ1) is 20.1. The highest BCUT2D eigenvalue weighted by Gasteiger charge is 2.47. The lowest BCUT2D eigenvalue weighted by Crippen LogP contribution is -2.63. The van der Waals surface area contributed by atoms with Gasteiger partial charge in [0.05, 0.1) is 13.2 Å². The number of morpholine rings is 1. The van der Waals surface area contributed by atoms with E-state index in [0.29, 0.717) is 26.1 Å². The molecule has 1 aliphatic carbocycles. The number of benzene rings is 1. The third-order valence-corrected chi connectivity index (χ3v) is 6.43. The minimum Gasteiger partial charge on any atom is -0.361 e. The molecule has 2 aliphatic rings. The van der Waals surface area contributed by atoms with Crippen LogP contribution >= 0.6 is 11.3 Å². The summed E-state index contributed by atoms with van der Waals surface area (Å²) in [5.41, 5.74) is 1.15. The number of rotatable bonds is 6. The SMILES string of the molecule is CC(C)NC(=O)[C@@]1(Cc2ccc(-c3cccs3)cc2)CN(C(=O)C2CC2)CCO1. The average Bonchev–Trinajstić information content (AvgIpc) is 3.42. The number of nitrogens with zero attached hydrogens (tertiary/aromatic N) is 1. The molecule has 2 aromatic rings. The average molecular weight is 413 g/mol. The van der Waals surface area contributed by atoms with Gasteiger partial charge in [-0.1, -0.05) is 30.3 Å². The summed E-state index contributed by atoms with van der Waals surface area (Å²) in [6.07, 6.45) is 2.38. The molecule has 1 saturated carbocycles. The van der Waals surface area contributed by atoms with Crippen molar-refractivity contribution >= 4 is 23.2 Å². The fourth-order valence-electron chi connectivity index (χ4n) is 3.84. The number of nitrogens with one attached hydrogen (secondary N) is 1. The van der Waals surface area contributed by atoms with E-state index in [9.17, 15) is 9.59 Å². The first-order valence-electron chi connectivity index (χ1n) is 10.3. The smallest absolute Gasteiger partial charge is 0.254 e. The molecule has 29 heavy (non-hydrogen) atoms. The minimum atomic E-state index is -1.04. The van der Waals surface area contributed by atoms with E-state index in [1.54, 1.807) is 11.3 Å². The highest BCUT2D eigenvalue weighted by molar-refractivity contribution is 7.13. The summed E-state index contributed by atoms with van der Waals surface area (Å²) in [5, 5.41) is 5.08. The summed E-state index contributed by atoms with van der Waals surface area (Å²) in [4.78, 5) is 28.9. The largest absolute Gasteiger partial charge is 0.361 e. The van der Waals surface area contributed by atoms with Crippen molar-refractivity contribution in [3.63, 3.8) is 0 Å². The maximum Gasteiger partial charge on any atom is 0.254 e. The van der Waals surface area contributed by atoms with Crippen LogP contribution in [0.25, 0.3) is 10.4 Å². The van der Waals surface area contributed by atoms with Crippen LogP contribution in [0.15, 0.2) is 41.8 Å². The van der Waals surface area contributed by atoms with E-state index in [4.69, 9.17) is 4.74 Å². The van der Waals surface area contributed by atoms with Gasteiger partial charge in [-0.3, -0.25) is 9.59 Å². The van der Waals surface area contributed by atoms with Crippen molar-refractivity contribution in [3.8, 4) is 10.4 Å². The highest BCUT2D eigenvalue weighted by atomic mass is 32.1. The van der Waals surface area contributed by atoms with Gasteiger partial charge in [0, 0.05) is 29.8 Å². The summed E-state index contributed by atoms with van der Waals surface area (Å²) in [6.45, 7) is 5.14. The van der Waals surface area contributed by atoms with E-state index >= 15 is 0 Å². The molecule has 5 nitrogen and oxygen atoms in total. The normalized spacial score (nSPS) is 22.0. The lowest BCUT2D eigenvalue weighted by Gasteiger charge is -2.42. The van der Waals surface area contributed by atoms with Crippen LogP contribution in [0.3, 0.4) is 0 Å². The molecule has 0 unspecified atom stereocenters. The Morgan fingerprint density at radius 3 is 2.62 bits per heavy atom. The predicted octanol–water partition coefficient (Wildman–Crippen LogP) is 3.49. The Labute approximate surface area is 176 Å². The Kier molecular flexibility index (Phi) is 5.74. The maximum atomic E-state index is 13.2. The molecule has 1 N–H and O–H groups in total. The van der Waals surface area contributed by atoms with E-state index < -0.39 is 5.60 Å². The van der Waals surface area contributed by atoms with Crippen LogP contribution in [-0.2, 0) is 20.7 Å². The van der Waals surface area contributed by atoms with Gasteiger partial charge in [-0.15, -0.1) is 11.3 Å². The van der Waals surface area contributed by atoms with E-state index in [0.717, 1.165) is 18.4 Å². The van der Waals surface area contributed by atoms with E-state index in [1.807, 2.05) is 24.8 Å². The molecule has 1 atom stereocenters. The summed E-state index contributed by atoms with van der Waals surface area (Å²) in [7, 11) is 0. The molecule has 154 valence electrons. The number of ether oxygens (including phenoxy) is 1. The molecule has 0 spiro atoms. The zero-order chi connectivity index (χ0) is 20.4. The Balaban J connectivity index is 1.56. The summed E-state index contributed by atoms with van der Waals surface area (Å²) in [6, 6.07) is 12.5. The van der Waals surface area contributed by atoms with Crippen LogP contribution < -0.4 is 5.32 Å². The van der Waals surface area contributed by atoms with Crippen LogP contribution in [0.5, 0.6) is 0 Å². The monoisotopic (exact) mass is 412 g/mol. The van der Waals surface area contributed by atoms with Crippen LogP contribution in [0, 0.1) is 5.92 Å². The van der Waals surface area contributed by atoms with Crippen LogP contribution in [-0.4, -0.2) is 48.1 Å². The van der Waals surface area contributed by atoms with Gasteiger partial charge in [-0.05, 0) is 49.3 Å². The van der Waals surface area contributed by atoms with Crippen LogP contribution in [0.2, 0.25) is 0 Å². The molecule has 1 aromatic carbocycles. The fourth-order valence-corrected chi connectivity index (χ4v) is 4.57. The molecule has 2 fully saturated rings. The molecular weight excluding hydrogens is 384 g/mol. The Morgan fingerprint density at radius 1 is 1.24 bits per heavy atom. The van der Waals surface area contributed by atoms with Gasteiger partial charge >= 0.3 is 0 Å². The molecule has 1 aromatic heterocycles. The molecule has 2 heterocycles. The molecular formula is C23H28N2O3S. The quantitative estimate of drug-likeness (QED) is 0.790. The molecule has 6 heteroatoms. The van der Waals surface area contributed by atoms with Gasteiger partial charge in [0.25, 0.3) is 5.91 Å². The Bertz CT molecular complexity index is 859. The lowest BCUT2D eigenvalue weighted by atomic mass is 9.90. The number of carbonyl (C=O) groups is 2. The molecule has 2 amide bonds. The van der Waals surface area contributed by atoms with Crippen LogP contribution in [0.4, 0.5) is 0 Å². The fraction of sp³-hybridized carbons (Fsp3) is 0.478. The zero-order valence-corrected chi connectivity index (χ0v) is 17.8. The van der Waals surface area contributed by atoms with Gasteiger partial charge < -0.3 is 15.0 Å². The number of hydrogen-bond acceptors (Lipinski definition) is 4. The van der Waals surface area contributed by atoms with Crippen molar-refractivity contribution < 1.29 is 14.3 Å². The lowest BCUT2D eigenvalue weighted by molar-refractivity contribution is -0.167. The van der Waals surface area contributed by atoms with Crippen molar-refractivity contribution in [2.75, 3.05) is 19.7 Å². The summed E-state index contributed by atoms with van der Waals surface area (Å²) >= 11 is 1.71. The first-order valence-corrected chi connectivity index (χ1v) is 11.2. The van der Waals surface area contributed by atoms with Crippen molar-refractivity contribution in [2.24, 2.45) is 5.92 Å². The molecule has 1 saturated heterocycles. The predicted molar refractivity (Wildman–Crippen MR) is 115 cm³/mol. The second-order valence-electron chi connectivity index (χ2n) is 8.36. The first-order chi connectivity index (χ1) is 14.0. The minimum absolute atomic E-state index is 0.0127. The Morgan fingerprint density at radius 2 is 2.00 bits per heavy atom. The van der Waals surface area contributed by atoms with Crippen molar-refractivity contribution in [3.05, 3.63) is 47.3 Å². The van der Waals surface area contributed by atoms with Gasteiger partial charge in [0.2, 0.25) is 5.91 Å².